The molecule has 2 aromatic carbocycles. The van der Waals surface area contributed by atoms with Gasteiger partial charge >= 0.3 is 0 Å². The minimum Gasteiger partial charge on any atom is -0.497 e. The number of hydrogen-bond acceptors (Lipinski definition) is 7. The van der Waals surface area contributed by atoms with Gasteiger partial charge < -0.3 is 4.74 Å². The van der Waals surface area contributed by atoms with E-state index < -0.39 is 6.17 Å². The van der Waals surface area contributed by atoms with Gasteiger partial charge in [0.15, 0.2) is 5.17 Å². The van der Waals surface area contributed by atoms with Crippen molar-refractivity contribution in [2.75, 3.05) is 12.9 Å². The average molecular weight is 394 g/mol. The molecule has 2 aliphatic rings. The number of Topliss-reactive ketones (excluding diaryl/α,β-unsaturated/α-hetero) is 1. The van der Waals surface area contributed by atoms with E-state index in [2.05, 4.69) is 15.4 Å². The predicted molar refractivity (Wildman–Crippen MR) is 107 cm³/mol. The Morgan fingerprint density at radius 2 is 1.96 bits per heavy atom. The highest BCUT2D eigenvalue weighted by Gasteiger charge is 2.37. The summed E-state index contributed by atoms with van der Waals surface area (Å²) in [7, 11) is 1.57. The van der Waals surface area contributed by atoms with E-state index >= 15 is 0 Å². The number of amidine groups is 1. The Hall–Kier alpha value is -3.13. The van der Waals surface area contributed by atoms with Crippen molar-refractivity contribution in [3.05, 3.63) is 64.7 Å². The van der Waals surface area contributed by atoms with Gasteiger partial charge in [-0.1, -0.05) is 36.9 Å². The maximum Gasteiger partial charge on any atom is 0.276 e. The summed E-state index contributed by atoms with van der Waals surface area (Å²) in [6.07, 6.45) is -0.947. The van der Waals surface area contributed by atoms with Crippen LogP contribution in [0.25, 0.3) is 5.70 Å². The summed E-state index contributed by atoms with van der Waals surface area (Å²) in [5.74, 6) is 0.870. The molecular weight excluding hydrogens is 376 g/mol. The van der Waals surface area contributed by atoms with Crippen molar-refractivity contribution >= 4 is 34.3 Å². The largest absolute Gasteiger partial charge is 0.497 e. The number of ketones is 1. The number of hydrogen-bond donors (Lipinski definition) is 1. The van der Waals surface area contributed by atoms with E-state index in [1.807, 2.05) is 25.1 Å². The second-order valence-corrected chi connectivity index (χ2v) is 7.35. The molecule has 0 saturated carbocycles. The molecule has 0 unspecified atom stereocenters. The number of benzene rings is 2. The van der Waals surface area contributed by atoms with Crippen LogP contribution in [0.4, 0.5) is 0 Å². The maximum absolute atomic E-state index is 13.2. The number of carbonyl (C=O) groups is 2. The van der Waals surface area contributed by atoms with Crippen LogP contribution in [0.2, 0.25) is 0 Å². The molecule has 0 saturated heterocycles. The number of methoxy groups -OCH3 is 1. The summed E-state index contributed by atoms with van der Waals surface area (Å²) in [6.45, 7) is 1.97. The number of amides is 1. The summed E-state index contributed by atoms with van der Waals surface area (Å²) < 4.78 is 5.15. The first kappa shape index (κ1) is 18.2. The van der Waals surface area contributed by atoms with Crippen molar-refractivity contribution in [1.29, 1.82) is 0 Å². The molecule has 1 amide bonds. The molecule has 0 aromatic heterocycles. The Labute approximate surface area is 165 Å². The van der Waals surface area contributed by atoms with Gasteiger partial charge in [-0.15, -0.1) is 5.10 Å². The number of fused-ring (bicyclic) bond motifs is 2. The van der Waals surface area contributed by atoms with E-state index in [-0.39, 0.29) is 11.7 Å². The van der Waals surface area contributed by atoms with Crippen LogP contribution in [0.5, 0.6) is 5.75 Å². The number of thioether (sulfide) groups is 1. The summed E-state index contributed by atoms with van der Waals surface area (Å²) >= 11 is 1.40. The van der Waals surface area contributed by atoms with Crippen LogP contribution in [0.3, 0.4) is 0 Å². The third-order valence-electron chi connectivity index (χ3n) is 4.41. The molecule has 0 fully saturated rings. The van der Waals surface area contributed by atoms with Gasteiger partial charge in [0.2, 0.25) is 11.9 Å². The fraction of sp³-hybridized carbons (Fsp3) is 0.200. The minimum absolute atomic E-state index is 0.242. The van der Waals surface area contributed by atoms with Crippen LogP contribution in [-0.4, -0.2) is 40.9 Å². The molecule has 2 aromatic rings. The van der Waals surface area contributed by atoms with Gasteiger partial charge in [-0.2, -0.15) is 0 Å². The van der Waals surface area contributed by atoms with Gasteiger partial charge in [0.25, 0.3) is 5.91 Å². The number of nitrogens with one attached hydrogen (secondary N) is 1. The van der Waals surface area contributed by atoms with E-state index in [0.29, 0.717) is 32.8 Å². The molecule has 0 bridgehead atoms. The number of para-hydroxylation sites is 1. The van der Waals surface area contributed by atoms with Crippen LogP contribution in [-0.2, 0) is 4.79 Å². The normalized spacial score (nSPS) is 17.7. The quantitative estimate of drug-likeness (QED) is 0.786. The Bertz CT molecular complexity index is 1100. The lowest BCUT2D eigenvalue weighted by Crippen LogP contribution is -2.54. The molecule has 2 heterocycles. The van der Waals surface area contributed by atoms with Crippen LogP contribution in [0.15, 0.2) is 58.6 Å². The molecule has 0 aliphatic carbocycles. The smallest absolute Gasteiger partial charge is 0.276 e. The van der Waals surface area contributed by atoms with Crippen molar-refractivity contribution in [2.45, 2.75) is 13.1 Å². The van der Waals surface area contributed by atoms with Gasteiger partial charge in [0.05, 0.1) is 12.5 Å². The van der Waals surface area contributed by atoms with Crippen molar-refractivity contribution in [3.8, 4) is 5.75 Å². The highest BCUT2D eigenvalue weighted by molar-refractivity contribution is 8.13. The lowest BCUT2D eigenvalue weighted by atomic mass is 10.1. The molecule has 1 atom stereocenters. The molecule has 7 nitrogen and oxygen atoms in total. The van der Waals surface area contributed by atoms with Crippen molar-refractivity contribution in [1.82, 2.24) is 10.3 Å². The average Bonchev–Trinajstić information content (AvgIpc) is 2.72. The number of ether oxygens (including phenoxy) is 1. The zero-order chi connectivity index (χ0) is 19.7. The first-order valence-electron chi connectivity index (χ1n) is 8.80. The van der Waals surface area contributed by atoms with Gasteiger partial charge in [0, 0.05) is 10.8 Å². The summed E-state index contributed by atoms with van der Waals surface area (Å²) in [5.41, 5.74) is 0.803. The van der Waals surface area contributed by atoms with Gasteiger partial charge in [-0.3, -0.25) is 14.9 Å². The van der Waals surface area contributed by atoms with Crippen LogP contribution >= 0.6 is 11.8 Å². The summed E-state index contributed by atoms with van der Waals surface area (Å²) in [6, 6.07) is 14.1. The molecular formula is C20H18N4O3S. The van der Waals surface area contributed by atoms with Gasteiger partial charge in [0.1, 0.15) is 11.4 Å². The maximum atomic E-state index is 13.2. The zero-order valence-corrected chi connectivity index (χ0v) is 16.2. The van der Waals surface area contributed by atoms with Crippen LogP contribution in [0.1, 0.15) is 17.3 Å². The fourth-order valence-electron chi connectivity index (χ4n) is 3.10. The van der Waals surface area contributed by atoms with Crippen molar-refractivity contribution in [2.24, 2.45) is 10.1 Å². The van der Waals surface area contributed by atoms with E-state index in [4.69, 9.17) is 4.74 Å². The Balaban J connectivity index is 1.84. The SMILES string of the molecule is CCSC1=NN2C(=c3ccccc3=N[C@H]2C(=O)c2ccc(OC)cc2)C(=O)N1. The summed E-state index contributed by atoms with van der Waals surface area (Å²) in [5, 5.41) is 10.5. The van der Waals surface area contributed by atoms with E-state index in [1.165, 1.54) is 16.8 Å². The van der Waals surface area contributed by atoms with Crippen molar-refractivity contribution < 1.29 is 14.3 Å². The molecule has 142 valence electrons. The lowest BCUT2D eigenvalue weighted by molar-refractivity contribution is -0.115. The van der Waals surface area contributed by atoms with Crippen LogP contribution in [0, 0.1) is 0 Å². The molecule has 4 rings (SSSR count). The third kappa shape index (κ3) is 3.16. The standard InChI is InChI=1S/C20H18N4O3S/c1-3-28-20-22-19(26)16-14-6-4-5-7-15(14)21-18(24(16)23-20)17(25)12-8-10-13(27-2)11-9-12/h4-11,18H,3H2,1-2H3,(H,22,23,26)/t18-/m1/s1. The minimum atomic E-state index is -0.947. The van der Waals surface area contributed by atoms with E-state index in [1.54, 1.807) is 37.4 Å². The van der Waals surface area contributed by atoms with E-state index in [0.717, 1.165) is 5.75 Å². The highest BCUT2D eigenvalue weighted by atomic mass is 32.2. The number of hydrazone groups is 1. The zero-order valence-electron chi connectivity index (χ0n) is 15.4. The molecule has 0 spiro atoms. The second kappa shape index (κ2) is 7.47. The predicted octanol–water partition coefficient (Wildman–Crippen LogP) is 1.10. The Morgan fingerprint density at radius 1 is 1.21 bits per heavy atom. The molecule has 8 heteroatoms. The number of carbonyl (C=O) groups excluding carboxylic acids is 2. The lowest BCUT2D eigenvalue weighted by Gasteiger charge is -2.33. The fourth-order valence-corrected chi connectivity index (χ4v) is 3.69. The second-order valence-electron chi connectivity index (χ2n) is 6.10. The third-order valence-corrected chi connectivity index (χ3v) is 5.15. The molecule has 1 N–H and O–H groups in total. The highest BCUT2D eigenvalue weighted by Crippen LogP contribution is 2.23. The number of nitrogens with zero attached hydrogens (tertiary/aromatic N) is 3. The summed E-state index contributed by atoms with van der Waals surface area (Å²) in [4.78, 5) is 30.7. The van der Waals surface area contributed by atoms with Gasteiger partial charge in [-0.25, -0.2) is 10.0 Å². The first-order valence-corrected chi connectivity index (χ1v) is 9.78. The topological polar surface area (TPSA) is 83.4 Å². The molecule has 2 aliphatic heterocycles. The Kier molecular flexibility index (Phi) is 4.87. The number of rotatable bonds is 4. The van der Waals surface area contributed by atoms with Crippen LogP contribution < -0.4 is 20.6 Å². The monoisotopic (exact) mass is 394 g/mol. The Morgan fingerprint density at radius 3 is 2.68 bits per heavy atom. The molecule has 28 heavy (non-hydrogen) atoms. The van der Waals surface area contributed by atoms with Gasteiger partial charge in [-0.05, 0) is 36.1 Å². The van der Waals surface area contributed by atoms with Crippen molar-refractivity contribution in [3.63, 3.8) is 0 Å². The first-order chi connectivity index (χ1) is 13.6. The molecule has 0 radical (unpaired) electrons. The van der Waals surface area contributed by atoms with E-state index in [9.17, 15) is 9.59 Å².